The highest BCUT2D eigenvalue weighted by Crippen LogP contribution is 2.32. The Balaban J connectivity index is 1.33. The van der Waals surface area contributed by atoms with Crippen molar-refractivity contribution in [1.29, 1.82) is 0 Å². The van der Waals surface area contributed by atoms with Crippen molar-refractivity contribution in [3.8, 4) is 10.8 Å². The summed E-state index contributed by atoms with van der Waals surface area (Å²) in [6.45, 7) is 5.05. The Labute approximate surface area is 168 Å². The van der Waals surface area contributed by atoms with Crippen LogP contribution >= 0.6 is 11.3 Å². The Morgan fingerprint density at radius 2 is 2.07 bits per heavy atom. The maximum Gasteiger partial charge on any atom is 0.257 e. The topological polar surface area (TPSA) is 55.1 Å². The summed E-state index contributed by atoms with van der Waals surface area (Å²) < 4.78 is 6.04. The number of hydrogen-bond acceptors (Lipinski definition) is 6. The van der Waals surface area contributed by atoms with Crippen LogP contribution in [0.4, 0.5) is 0 Å². The van der Waals surface area contributed by atoms with Crippen molar-refractivity contribution >= 4 is 22.2 Å². The Morgan fingerprint density at radius 1 is 1.14 bits per heavy atom. The van der Waals surface area contributed by atoms with Crippen LogP contribution in [0.3, 0.4) is 0 Å². The number of thiophene rings is 1. The number of likely N-dealkylation sites (tertiary alicyclic amines) is 1. The van der Waals surface area contributed by atoms with Gasteiger partial charge in [0.2, 0.25) is 5.89 Å². The zero-order valence-electron chi connectivity index (χ0n) is 15.8. The van der Waals surface area contributed by atoms with Gasteiger partial charge in [0.05, 0.1) is 16.3 Å². The summed E-state index contributed by atoms with van der Waals surface area (Å²) in [5, 5.41) is 9.90. The molecule has 1 fully saturated rings. The summed E-state index contributed by atoms with van der Waals surface area (Å²) in [7, 11) is 0. The first kappa shape index (κ1) is 17.5. The average Bonchev–Trinajstić information content (AvgIpc) is 3.38. The largest absolute Gasteiger partial charge is 0.420 e. The number of nitrogens with zero attached hydrogens (tertiary/aromatic N) is 4. The third kappa shape index (κ3) is 3.45. The van der Waals surface area contributed by atoms with Gasteiger partial charge in [-0.1, -0.05) is 18.2 Å². The normalized spacial score (nSPS) is 18.0. The van der Waals surface area contributed by atoms with Crippen LogP contribution in [0.15, 0.2) is 53.1 Å². The molecule has 4 aromatic rings. The van der Waals surface area contributed by atoms with Crippen LogP contribution in [-0.4, -0.2) is 33.2 Å². The van der Waals surface area contributed by atoms with E-state index >= 15 is 0 Å². The zero-order chi connectivity index (χ0) is 18.9. The van der Waals surface area contributed by atoms with Crippen LogP contribution in [0.5, 0.6) is 0 Å². The number of fused-ring (bicyclic) bond motifs is 1. The first-order valence-corrected chi connectivity index (χ1v) is 10.5. The van der Waals surface area contributed by atoms with Crippen molar-refractivity contribution in [3.63, 3.8) is 0 Å². The maximum absolute atomic E-state index is 6.04. The smallest absolute Gasteiger partial charge is 0.257 e. The molecule has 1 saturated heterocycles. The van der Waals surface area contributed by atoms with Crippen molar-refractivity contribution < 1.29 is 4.42 Å². The first-order chi connectivity index (χ1) is 13.8. The van der Waals surface area contributed by atoms with Crippen LogP contribution < -0.4 is 0 Å². The molecule has 6 heteroatoms. The first-order valence-electron chi connectivity index (χ1n) is 9.71. The lowest BCUT2D eigenvalue weighted by molar-refractivity contribution is 0.187. The number of hydrogen-bond donors (Lipinski definition) is 0. The maximum atomic E-state index is 6.04. The molecule has 28 heavy (non-hydrogen) atoms. The number of pyridine rings is 1. The molecule has 1 aromatic carbocycles. The number of rotatable bonds is 4. The third-order valence-electron chi connectivity index (χ3n) is 5.38. The Bertz CT molecular complexity index is 1100. The molecule has 0 amide bonds. The fourth-order valence-corrected chi connectivity index (χ4v) is 4.77. The molecule has 3 aromatic heterocycles. The van der Waals surface area contributed by atoms with Gasteiger partial charge in [-0.3, -0.25) is 9.88 Å². The van der Waals surface area contributed by atoms with Gasteiger partial charge in [0, 0.05) is 29.5 Å². The molecule has 1 aliphatic rings. The van der Waals surface area contributed by atoms with Gasteiger partial charge in [0.25, 0.3) is 5.89 Å². The SMILES string of the molecule is Cc1ccc(-c2nnc(C3CCCN(Cc4ccnc5ccccc45)C3)o2)s1. The van der Waals surface area contributed by atoms with Crippen molar-refractivity contribution in [2.24, 2.45) is 0 Å². The molecule has 1 aliphatic heterocycles. The second-order valence-corrected chi connectivity index (χ2v) is 8.71. The minimum Gasteiger partial charge on any atom is -0.420 e. The highest BCUT2D eigenvalue weighted by Gasteiger charge is 2.26. The van der Waals surface area contributed by atoms with Gasteiger partial charge in [-0.15, -0.1) is 21.5 Å². The molecule has 0 bridgehead atoms. The molecule has 142 valence electrons. The monoisotopic (exact) mass is 390 g/mol. The second kappa shape index (κ2) is 7.45. The number of aromatic nitrogens is 3. The average molecular weight is 391 g/mol. The zero-order valence-corrected chi connectivity index (χ0v) is 16.7. The summed E-state index contributed by atoms with van der Waals surface area (Å²) in [6, 6.07) is 14.6. The van der Waals surface area contributed by atoms with Crippen LogP contribution in [0, 0.1) is 6.92 Å². The summed E-state index contributed by atoms with van der Waals surface area (Å²) in [5.41, 5.74) is 2.38. The van der Waals surface area contributed by atoms with Gasteiger partial charge < -0.3 is 4.42 Å². The molecule has 0 radical (unpaired) electrons. The molecule has 5 rings (SSSR count). The lowest BCUT2D eigenvalue weighted by Gasteiger charge is -2.31. The fourth-order valence-electron chi connectivity index (χ4n) is 3.98. The summed E-state index contributed by atoms with van der Waals surface area (Å²) in [4.78, 5) is 9.28. The molecular formula is C22H22N4OS. The van der Waals surface area contributed by atoms with Crippen molar-refractivity contribution in [3.05, 3.63) is 65.0 Å². The fraction of sp³-hybridized carbons (Fsp3) is 0.318. The van der Waals surface area contributed by atoms with E-state index in [4.69, 9.17) is 4.42 Å². The highest BCUT2D eigenvalue weighted by molar-refractivity contribution is 7.15. The molecule has 0 spiro atoms. The van der Waals surface area contributed by atoms with E-state index in [9.17, 15) is 0 Å². The van der Waals surface area contributed by atoms with Crippen molar-refractivity contribution in [1.82, 2.24) is 20.1 Å². The van der Waals surface area contributed by atoms with Crippen LogP contribution in [0.2, 0.25) is 0 Å². The number of piperidine rings is 1. The van der Waals surface area contributed by atoms with Gasteiger partial charge in [-0.25, -0.2) is 0 Å². The van der Waals surface area contributed by atoms with E-state index in [1.54, 1.807) is 11.3 Å². The van der Waals surface area contributed by atoms with E-state index < -0.39 is 0 Å². The lowest BCUT2D eigenvalue weighted by Crippen LogP contribution is -2.34. The molecule has 0 N–H and O–H groups in total. The van der Waals surface area contributed by atoms with Crippen molar-refractivity contribution in [2.75, 3.05) is 13.1 Å². The molecular weight excluding hydrogens is 368 g/mol. The molecule has 0 saturated carbocycles. The van der Waals surface area contributed by atoms with E-state index in [0.29, 0.717) is 11.8 Å². The number of para-hydroxylation sites is 1. The summed E-state index contributed by atoms with van der Waals surface area (Å²) in [5.74, 6) is 1.71. The van der Waals surface area contributed by atoms with Gasteiger partial charge in [-0.05, 0) is 56.1 Å². The van der Waals surface area contributed by atoms with E-state index in [1.165, 1.54) is 15.8 Å². The van der Waals surface area contributed by atoms with Gasteiger partial charge in [0.1, 0.15) is 0 Å². The van der Waals surface area contributed by atoms with Gasteiger partial charge in [0.15, 0.2) is 0 Å². The predicted molar refractivity (Wildman–Crippen MR) is 111 cm³/mol. The third-order valence-corrected chi connectivity index (χ3v) is 6.37. The Morgan fingerprint density at radius 3 is 2.96 bits per heavy atom. The van der Waals surface area contributed by atoms with Crippen molar-refractivity contribution in [2.45, 2.75) is 32.2 Å². The van der Waals surface area contributed by atoms with E-state index in [-0.39, 0.29) is 0 Å². The van der Waals surface area contributed by atoms with E-state index in [2.05, 4.69) is 63.4 Å². The molecule has 1 atom stereocenters. The van der Waals surface area contributed by atoms with E-state index in [0.717, 1.165) is 48.8 Å². The number of aryl methyl sites for hydroxylation is 1. The minimum atomic E-state index is 0.296. The second-order valence-electron chi connectivity index (χ2n) is 7.42. The standard InChI is InChI=1S/C22H22N4OS/c1-15-8-9-20(28-15)22-25-24-21(27-22)17-5-4-12-26(14-17)13-16-10-11-23-19-7-3-2-6-18(16)19/h2-3,6-11,17H,4-5,12-14H2,1H3. The lowest BCUT2D eigenvalue weighted by atomic mass is 9.97. The summed E-state index contributed by atoms with van der Waals surface area (Å²) >= 11 is 1.69. The quantitative estimate of drug-likeness (QED) is 0.489. The Hall–Kier alpha value is -2.57. The molecule has 4 heterocycles. The molecule has 1 unspecified atom stereocenters. The van der Waals surface area contributed by atoms with Gasteiger partial charge >= 0.3 is 0 Å². The molecule has 0 aliphatic carbocycles. The van der Waals surface area contributed by atoms with E-state index in [1.807, 2.05) is 12.3 Å². The summed E-state index contributed by atoms with van der Waals surface area (Å²) in [6.07, 6.45) is 4.15. The van der Waals surface area contributed by atoms with Crippen LogP contribution in [0.1, 0.15) is 35.1 Å². The Kier molecular flexibility index (Phi) is 4.66. The van der Waals surface area contributed by atoms with Crippen LogP contribution in [-0.2, 0) is 6.54 Å². The minimum absolute atomic E-state index is 0.296. The van der Waals surface area contributed by atoms with Gasteiger partial charge in [-0.2, -0.15) is 0 Å². The number of benzene rings is 1. The van der Waals surface area contributed by atoms with Crippen LogP contribution in [0.25, 0.3) is 21.7 Å². The predicted octanol–water partition coefficient (Wildman–Crippen LogP) is 5.03. The highest BCUT2D eigenvalue weighted by atomic mass is 32.1. The molecule has 5 nitrogen and oxygen atoms in total.